The number of esters is 1. The molecular formula is C27H31NO8. The van der Waals surface area contributed by atoms with Crippen LogP contribution in [0, 0.1) is 6.92 Å². The molecule has 0 saturated carbocycles. The van der Waals surface area contributed by atoms with Gasteiger partial charge in [-0.05, 0) is 49.2 Å². The van der Waals surface area contributed by atoms with Crippen molar-refractivity contribution in [2.24, 2.45) is 0 Å². The van der Waals surface area contributed by atoms with Gasteiger partial charge in [-0.1, -0.05) is 12.6 Å². The SMILES string of the molecule is C=C(C)C(=O)OCCOCCOCCOCCOc1ccc(-c2cc3ccncc3oc2=O)cc1C. The lowest BCUT2D eigenvalue weighted by Gasteiger charge is -2.11. The van der Waals surface area contributed by atoms with E-state index in [1.54, 1.807) is 19.2 Å². The summed E-state index contributed by atoms with van der Waals surface area (Å²) in [5.74, 6) is 0.301. The highest BCUT2D eigenvalue weighted by Gasteiger charge is 2.10. The number of fused-ring (bicyclic) bond motifs is 1. The number of aromatic nitrogens is 1. The number of ether oxygens (including phenoxy) is 5. The van der Waals surface area contributed by atoms with E-state index >= 15 is 0 Å². The molecule has 9 nitrogen and oxygen atoms in total. The highest BCUT2D eigenvalue weighted by molar-refractivity contribution is 5.86. The molecule has 36 heavy (non-hydrogen) atoms. The quantitative estimate of drug-likeness (QED) is 0.176. The Hall–Kier alpha value is -3.53. The second-order valence-electron chi connectivity index (χ2n) is 7.94. The monoisotopic (exact) mass is 497 g/mol. The molecule has 9 heteroatoms. The highest BCUT2D eigenvalue weighted by atomic mass is 16.6. The van der Waals surface area contributed by atoms with E-state index in [0.29, 0.717) is 63.0 Å². The molecule has 0 radical (unpaired) electrons. The lowest BCUT2D eigenvalue weighted by Crippen LogP contribution is -2.15. The average molecular weight is 498 g/mol. The van der Waals surface area contributed by atoms with Crippen LogP contribution in [0.4, 0.5) is 0 Å². The summed E-state index contributed by atoms with van der Waals surface area (Å²) in [5.41, 5.74) is 2.57. The molecule has 0 aliphatic rings. The van der Waals surface area contributed by atoms with Crippen molar-refractivity contribution < 1.29 is 32.9 Å². The van der Waals surface area contributed by atoms with Gasteiger partial charge in [-0.2, -0.15) is 0 Å². The minimum Gasteiger partial charge on any atom is -0.491 e. The Labute approximate surface area is 209 Å². The Morgan fingerprint density at radius 1 is 0.944 bits per heavy atom. The maximum absolute atomic E-state index is 12.4. The molecule has 3 rings (SSSR count). The number of rotatable bonds is 15. The maximum atomic E-state index is 12.4. The highest BCUT2D eigenvalue weighted by Crippen LogP contribution is 2.26. The number of carbonyl (C=O) groups excluding carboxylic acids is 1. The molecular weight excluding hydrogens is 466 g/mol. The van der Waals surface area contributed by atoms with Gasteiger partial charge in [0.25, 0.3) is 0 Å². The summed E-state index contributed by atoms with van der Waals surface area (Å²) in [7, 11) is 0. The molecule has 0 atom stereocenters. The zero-order chi connectivity index (χ0) is 25.8. The number of hydrogen-bond acceptors (Lipinski definition) is 9. The van der Waals surface area contributed by atoms with Gasteiger partial charge in [-0.15, -0.1) is 0 Å². The van der Waals surface area contributed by atoms with Gasteiger partial charge >= 0.3 is 11.6 Å². The van der Waals surface area contributed by atoms with E-state index in [-0.39, 0.29) is 6.61 Å². The number of pyridine rings is 1. The van der Waals surface area contributed by atoms with Gasteiger partial charge in [-0.3, -0.25) is 4.98 Å². The van der Waals surface area contributed by atoms with E-state index in [0.717, 1.165) is 22.3 Å². The van der Waals surface area contributed by atoms with E-state index in [1.807, 2.05) is 31.2 Å². The minimum atomic E-state index is -0.420. The van der Waals surface area contributed by atoms with Crippen LogP contribution in [0.15, 0.2) is 64.1 Å². The summed E-state index contributed by atoms with van der Waals surface area (Å²) < 4.78 is 32.4. The number of hydrogen-bond donors (Lipinski definition) is 0. The zero-order valence-corrected chi connectivity index (χ0v) is 20.6. The van der Waals surface area contributed by atoms with E-state index in [2.05, 4.69) is 11.6 Å². The van der Waals surface area contributed by atoms with Crippen molar-refractivity contribution in [3.8, 4) is 16.9 Å². The summed E-state index contributed by atoms with van der Waals surface area (Å²) in [5, 5.41) is 0.813. The number of aryl methyl sites for hydroxylation is 1. The van der Waals surface area contributed by atoms with Crippen LogP contribution in [0.5, 0.6) is 5.75 Å². The second-order valence-corrected chi connectivity index (χ2v) is 7.94. The molecule has 192 valence electrons. The number of benzene rings is 1. The molecule has 2 heterocycles. The largest absolute Gasteiger partial charge is 0.491 e. The fourth-order valence-electron chi connectivity index (χ4n) is 3.21. The number of carbonyl (C=O) groups is 1. The zero-order valence-electron chi connectivity index (χ0n) is 20.6. The Bertz CT molecular complexity index is 1220. The van der Waals surface area contributed by atoms with E-state index in [9.17, 15) is 9.59 Å². The van der Waals surface area contributed by atoms with Crippen LogP contribution >= 0.6 is 0 Å². The topological polar surface area (TPSA) is 106 Å². The van der Waals surface area contributed by atoms with Gasteiger partial charge in [-0.25, -0.2) is 9.59 Å². The molecule has 0 bridgehead atoms. The Morgan fingerprint density at radius 2 is 1.61 bits per heavy atom. The fraction of sp³-hybridized carbons (Fsp3) is 0.370. The molecule has 0 aliphatic carbocycles. The average Bonchev–Trinajstić information content (AvgIpc) is 2.87. The van der Waals surface area contributed by atoms with Crippen molar-refractivity contribution in [1.82, 2.24) is 4.98 Å². The molecule has 0 saturated heterocycles. The molecule has 0 fully saturated rings. The smallest absolute Gasteiger partial charge is 0.344 e. The van der Waals surface area contributed by atoms with Gasteiger partial charge in [0.05, 0.1) is 51.4 Å². The van der Waals surface area contributed by atoms with Crippen molar-refractivity contribution >= 4 is 16.9 Å². The van der Waals surface area contributed by atoms with Crippen molar-refractivity contribution in [1.29, 1.82) is 0 Å². The lowest BCUT2D eigenvalue weighted by atomic mass is 10.0. The standard InChI is InChI=1S/C27H31NO8/c1-19(2)26(29)35-15-13-33-11-9-31-8-10-32-12-14-34-24-5-4-21(16-20(24)3)23-17-22-6-7-28-18-25(22)36-27(23)30/h4-7,16-18H,1,8-15H2,2-3H3. The minimum absolute atomic E-state index is 0.188. The molecule has 2 aromatic heterocycles. The van der Waals surface area contributed by atoms with Gasteiger partial charge in [0.2, 0.25) is 0 Å². The predicted molar refractivity (Wildman–Crippen MR) is 134 cm³/mol. The van der Waals surface area contributed by atoms with Crippen LogP contribution in [0.3, 0.4) is 0 Å². The first-order chi connectivity index (χ1) is 17.5. The van der Waals surface area contributed by atoms with Crippen molar-refractivity contribution in [3.05, 3.63) is 70.9 Å². The third-order valence-electron chi connectivity index (χ3n) is 5.06. The van der Waals surface area contributed by atoms with E-state index in [4.69, 9.17) is 28.1 Å². The van der Waals surface area contributed by atoms with Crippen molar-refractivity contribution in [3.63, 3.8) is 0 Å². The first-order valence-electron chi connectivity index (χ1n) is 11.6. The summed E-state index contributed by atoms with van der Waals surface area (Å²) in [6.45, 7) is 10.0. The third kappa shape index (κ3) is 8.30. The Morgan fingerprint density at radius 3 is 2.28 bits per heavy atom. The summed E-state index contributed by atoms with van der Waals surface area (Å²) in [4.78, 5) is 27.6. The van der Waals surface area contributed by atoms with E-state index in [1.165, 1.54) is 6.20 Å². The normalized spacial score (nSPS) is 10.9. The summed E-state index contributed by atoms with van der Waals surface area (Å²) in [6.07, 6.45) is 3.19. The second kappa shape index (κ2) is 14.1. The Balaban J connectivity index is 1.29. The van der Waals surface area contributed by atoms with Crippen LogP contribution in [0.25, 0.3) is 22.1 Å². The van der Waals surface area contributed by atoms with Gasteiger partial charge in [0.15, 0.2) is 5.58 Å². The van der Waals surface area contributed by atoms with E-state index < -0.39 is 11.6 Å². The molecule has 0 amide bonds. The summed E-state index contributed by atoms with van der Waals surface area (Å²) >= 11 is 0. The predicted octanol–water partition coefficient (Wildman–Crippen LogP) is 3.71. The first-order valence-corrected chi connectivity index (χ1v) is 11.6. The van der Waals surface area contributed by atoms with Crippen LogP contribution in [-0.2, 0) is 23.7 Å². The first kappa shape index (κ1) is 27.1. The lowest BCUT2D eigenvalue weighted by molar-refractivity contribution is -0.140. The summed E-state index contributed by atoms with van der Waals surface area (Å²) in [6, 6.07) is 9.18. The molecule has 0 unspecified atom stereocenters. The Kier molecular flexibility index (Phi) is 10.6. The van der Waals surface area contributed by atoms with Crippen LogP contribution in [0.1, 0.15) is 12.5 Å². The molecule has 0 aliphatic heterocycles. The fourth-order valence-corrected chi connectivity index (χ4v) is 3.21. The number of nitrogens with zero attached hydrogens (tertiary/aromatic N) is 1. The molecule has 3 aromatic rings. The van der Waals surface area contributed by atoms with Gasteiger partial charge in [0, 0.05) is 17.2 Å². The van der Waals surface area contributed by atoms with Crippen LogP contribution < -0.4 is 10.4 Å². The van der Waals surface area contributed by atoms with Gasteiger partial charge < -0.3 is 28.1 Å². The molecule has 0 N–H and O–H groups in total. The van der Waals surface area contributed by atoms with Crippen molar-refractivity contribution in [2.45, 2.75) is 13.8 Å². The van der Waals surface area contributed by atoms with Gasteiger partial charge in [0.1, 0.15) is 19.0 Å². The maximum Gasteiger partial charge on any atom is 0.344 e. The molecule has 0 spiro atoms. The van der Waals surface area contributed by atoms with Crippen LogP contribution in [0.2, 0.25) is 0 Å². The van der Waals surface area contributed by atoms with Crippen LogP contribution in [-0.4, -0.2) is 63.8 Å². The molecule has 1 aromatic carbocycles. The third-order valence-corrected chi connectivity index (χ3v) is 5.06. The van der Waals surface area contributed by atoms with Crippen molar-refractivity contribution in [2.75, 3.05) is 52.9 Å².